The highest BCUT2D eigenvalue weighted by molar-refractivity contribution is 5.85. The van der Waals surface area contributed by atoms with Gasteiger partial charge in [0, 0.05) is 43.4 Å². The van der Waals surface area contributed by atoms with E-state index in [1.165, 1.54) is 0 Å². The van der Waals surface area contributed by atoms with Crippen LogP contribution in [0.15, 0.2) is 30.5 Å². The predicted molar refractivity (Wildman–Crippen MR) is 102 cm³/mol. The molecule has 7 heteroatoms. The first-order chi connectivity index (χ1) is 12.0. The van der Waals surface area contributed by atoms with Gasteiger partial charge in [0.15, 0.2) is 5.82 Å². The van der Waals surface area contributed by atoms with Crippen molar-refractivity contribution < 1.29 is 14.6 Å². The molecule has 0 fully saturated rings. The third kappa shape index (κ3) is 5.16. The minimum absolute atomic E-state index is 0. The largest absolute Gasteiger partial charge is 0.491 e. The number of nitrogens with zero attached hydrogens (tertiary/aromatic N) is 3. The van der Waals surface area contributed by atoms with E-state index in [0.717, 1.165) is 35.5 Å². The van der Waals surface area contributed by atoms with Crippen molar-refractivity contribution in [2.24, 2.45) is 0 Å². The van der Waals surface area contributed by atoms with Crippen LogP contribution >= 0.6 is 12.4 Å². The molecule has 1 aliphatic heterocycles. The van der Waals surface area contributed by atoms with E-state index in [1.54, 1.807) is 0 Å². The number of benzene rings is 1. The van der Waals surface area contributed by atoms with Gasteiger partial charge in [-0.05, 0) is 38.1 Å². The predicted octanol–water partition coefficient (Wildman–Crippen LogP) is 3.19. The molecule has 2 heterocycles. The van der Waals surface area contributed by atoms with Crippen molar-refractivity contribution in [2.45, 2.75) is 39.3 Å². The first kappa shape index (κ1) is 20.1. The summed E-state index contributed by atoms with van der Waals surface area (Å²) in [7, 11) is 0. The molecule has 1 aliphatic rings. The summed E-state index contributed by atoms with van der Waals surface area (Å²) >= 11 is 0. The van der Waals surface area contributed by atoms with Crippen LogP contribution in [0.25, 0.3) is 11.4 Å². The molecule has 2 aromatic rings. The summed E-state index contributed by atoms with van der Waals surface area (Å²) in [6, 6.07) is 7.82. The van der Waals surface area contributed by atoms with Crippen LogP contribution in [-0.4, -0.2) is 45.1 Å². The monoisotopic (exact) mass is 377 g/mol. The van der Waals surface area contributed by atoms with Crippen molar-refractivity contribution in [2.75, 3.05) is 13.1 Å². The summed E-state index contributed by atoms with van der Waals surface area (Å²) in [5, 5.41) is 8.81. The molecule has 1 aromatic carbocycles. The Kier molecular flexibility index (Phi) is 6.94. The SMILES string of the molecule is CC(C)Oc1ccc(-c2ncc3c(n2)CCN(CCC(=O)O)C3)cc1.Cl. The number of aromatic nitrogens is 2. The maximum absolute atomic E-state index is 10.7. The minimum Gasteiger partial charge on any atom is -0.491 e. The van der Waals surface area contributed by atoms with Gasteiger partial charge in [0.05, 0.1) is 18.2 Å². The lowest BCUT2D eigenvalue weighted by molar-refractivity contribution is -0.137. The smallest absolute Gasteiger partial charge is 0.304 e. The Morgan fingerprint density at radius 1 is 1.31 bits per heavy atom. The standard InChI is InChI=1S/C19H23N3O3.ClH/c1-13(2)25-16-5-3-14(4-6-16)19-20-11-15-12-22(10-8-18(23)24)9-7-17(15)21-19;/h3-6,11,13H,7-10,12H2,1-2H3,(H,23,24);1H. The zero-order chi connectivity index (χ0) is 17.8. The zero-order valence-electron chi connectivity index (χ0n) is 15.0. The van der Waals surface area contributed by atoms with Gasteiger partial charge in [0.25, 0.3) is 0 Å². The average molecular weight is 378 g/mol. The molecule has 140 valence electrons. The maximum Gasteiger partial charge on any atom is 0.304 e. The molecule has 1 aromatic heterocycles. The van der Waals surface area contributed by atoms with Crippen LogP contribution in [0.1, 0.15) is 31.5 Å². The van der Waals surface area contributed by atoms with E-state index in [-0.39, 0.29) is 24.9 Å². The fourth-order valence-electron chi connectivity index (χ4n) is 2.91. The topological polar surface area (TPSA) is 75.6 Å². The summed E-state index contributed by atoms with van der Waals surface area (Å²) in [5.41, 5.74) is 3.10. The molecule has 6 nitrogen and oxygen atoms in total. The van der Waals surface area contributed by atoms with E-state index >= 15 is 0 Å². The second-order valence-corrected chi connectivity index (χ2v) is 6.53. The Labute approximate surface area is 159 Å². The normalized spacial score (nSPS) is 13.8. The maximum atomic E-state index is 10.7. The lowest BCUT2D eigenvalue weighted by atomic mass is 10.1. The highest BCUT2D eigenvalue weighted by Crippen LogP contribution is 2.23. The zero-order valence-corrected chi connectivity index (χ0v) is 15.8. The van der Waals surface area contributed by atoms with E-state index in [1.807, 2.05) is 44.3 Å². The number of carboxylic acid groups (broad SMARTS) is 1. The number of carbonyl (C=O) groups is 1. The number of hydrogen-bond donors (Lipinski definition) is 1. The van der Waals surface area contributed by atoms with Crippen molar-refractivity contribution in [1.29, 1.82) is 0 Å². The first-order valence-corrected chi connectivity index (χ1v) is 8.57. The van der Waals surface area contributed by atoms with Crippen LogP contribution in [0, 0.1) is 0 Å². The lowest BCUT2D eigenvalue weighted by Crippen LogP contribution is -2.33. The summed E-state index contributed by atoms with van der Waals surface area (Å²) in [6.07, 6.45) is 3.00. The van der Waals surface area contributed by atoms with Crippen LogP contribution in [0.2, 0.25) is 0 Å². The number of rotatable bonds is 6. The Balaban J connectivity index is 0.00000243. The van der Waals surface area contributed by atoms with E-state index in [0.29, 0.717) is 18.9 Å². The first-order valence-electron chi connectivity index (χ1n) is 8.57. The van der Waals surface area contributed by atoms with Crippen LogP contribution in [0.4, 0.5) is 0 Å². The minimum atomic E-state index is -0.762. The van der Waals surface area contributed by atoms with Gasteiger partial charge in [-0.15, -0.1) is 12.4 Å². The van der Waals surface area contributed by atoms with Gasteiger partial charge in [-0.25, -0.2) is 9.97 Å². The van der Waals surface area contributed by atoms with E-state index < -0.39 is 5.97 Å². The summed E-state index contributed by atoms with van der Waals surface area (Å²) < 4.78 is 5.66. The molecule has 0 amide bonds. The van der Waals surface area contributed by atoms with Gasteiger partial charge in [-0.2, -0.15) is 0 Å². The lowest BCUT2D eigenvalue weighted by Gasteiger charge is -2.27. The molecule has 0 unspecified atom stereocenters. The fraction of sp³-hybridized carbons (Fsp3) is 0.421. The molecule has 26 heavy (non-hydrogen) atoms. The van der Waals surface area contributed by atoms with E-state index in [4.69, 9.17) is 14.8 Å². The molecule has 0 bridgehead atoms. The number of ether oxygens (including phenoxy) is 1. The van der Waals surface area contributed by atoms with Gasteiger partial charge in [-0.3, -0.25) is 9.69 Å². The summed E-state index contributed by atoms with van der Waals surface area (Å²) in [5.74, 6) is 0.793. The summed E-state index contributed by atoms with van der Waals surface area (Å²) in [4.78, 5) is 22.0. The van der Waals surface area contributed by atoms with Gasteiger partial charge in [0.1, 0.15) is 5.75 Å². The molecule has 0 saturated carbocycles. The second kappa shape index (κ2) is 8.96. The van der Waals surface area contributed by atoms with E-state index in [9.17, 15) is 4.79 Å². The van der Waals surface area contributed by atoms with Crippen molar-refractivity contribution in [3.8, 4) is 17.1 Å². The molecule has 0 aliphatic carbocycles. The molecular formula is C19H24ClN3O3. The van der Waals surface area contributed by atoms with Crippen molar-refractivity contribution in [3.05, 3.63) is 41.7 Å². The van der Waals surface area contributed by atoms with Crippen LogP contribution in [0.5, 0.6) is 5.75 Å². The number of fused-ring (bicyclic) bond motifs is 1. The Hall–Kier alpha value is -2.18. The number of aliphatic carboxylic acids is 1. The van der Waals surface area contributed by atoms with Crippen molar-refractivity contribution in [3.63, 3.8) is 0 Å². The van der Waals surface area contributed by atoms with Crippen LogP contribution in [0.3, 0.4) is 0 Å². The van der Waals surface area contributed by atoms with Gasteiger partial charge in [0.2, 0.25) is 0 Å². The second-order valence-electron chi connectivity index (χ2n) is 6.53. The molecular weight excluding hydrogens is 354 g/mol. The third-order valence-corrected chi connectivity index (χ3v) is 4.14. The molecule has 0 radical (unpaired) electrons. The molecule has 0 atom stereocenters. The van der Waals surface area contributed by atoms with Crippen molar-refractivity contribution >= 4 is 18.4 Å². The molecule has 3 rings (SSSR count). The third-order valence-electron chi connectivity index (χ3n) is 4.14. The average Bonchev–Trinajstić information content (AvgIpc) is 2.59. The highest BCUT2D eigenvalue weighted by atomic mass is 35.5. The highest BCUT2D eigenvalue weighted by Gasteiger charge is 2.19. The Morgan fingerprint density at radius 3 is 2.69 bits per heavy atom. The van der Waals surface area contributed by atoms with Crippen LogP contribution in [-0.2, 0) is 17.8 Å². The fourth-order valence-corrected chi connectivity index (χ4v) is 2.91. The van der Waals surface area contributed by atoms with Crippen LogP contribution < -0.4 is 4.74 Å². The molecule has 0 spiro atoms. The molecule has 0 saturated heterocycles. The van der Waals surface area contributed by atoms with Gasteiger partial charge < -0.3 is 9.84 Å². The number of halogens is 1. The van der Waals surface area contributed by atoms with Gasteiger partial charge >= 0.3 is 5.97 Å². The Bertz CT molecular complexity index is 750. The quantitative estimate of drug-likeness (QED) is 0.833. The number of hydrogen-bond acceptors (Lipinski definition) is 5. The van der Waals surface area contributed by atoms with Crippen molar-refractivity contribution in [1.82, 2.24) is 14.9 Å². The summed E-state index contributed by atoms with van der Waals surface area (Å²) in [6.45, 7) is 6.11. The van der Waals surface area contributed by atoms with E-state index in [2.05, 4.69) is 9.88 Å². The molecule has 1 N–H and O–H groups in total. The Morgan fingerprint density at radius 2 is 2.04 bits per heavy atom. The number of carboxylic acids is 1. The van der Waals surface area contributed by atoms with Gasteiger partial charge in [-0.1, -0.05) is 0 Å².